The summed E-state index contributed by atoms with van der Waals surface area (Å²) in [5.74, 6) is 0.789. The van der Waals surface area contributed by atoms with Gasteiger partial charge in [-0.2, -0.15) is 0 Å². The van der Waals surface area contributed by atoms with Crippen LogP contribution in [0.1, 0.15) is 26.4 Å². The number of hydrogen-bond donors (Lipinski definition) is 1. The number of nitrogens with zero attached hydrogens (tertiary/aromatic N) is 2. The molecule has 0 unspecified atom stereocenters. The Morgan fingerprint density at radius 3 is 2.73 bits per heavy atom. The number of ether oxygens (including phenoxy) is 1. The van der Waals surface area contributed by atoms with E-state index >= 15 is 0 Å². The van der Waals surface area contributed by atoms with Crippen molar-refractivity contribution in [2.75, 3.05) is 5.32 Å². The second kappa shape index (κ2) is 8.08. The van der Waals surface area contributed by atoms with Gasteiger partial charge in [-0.05, 0) is 65.4 Å². The predicted molar refractivity (Wildman–Crippen MR) is 118 cm³/mol. The van der Waals surface area contributed by atoms with E-state index in [0.717, 1.165) is 18.4 Å². The molecular formula is C24H19N3O2S. The number of rotatable bonds is 5. The molecule has 6 heteroatoms. The zero-order valence-electron chi connectivity index (χ0n) is 16.2. The third kappa shape index (κ3) is 3.69. The molecule has 30 heavy (non-hydrogen) atoms. The van der Waals surface area contributed by atoms with Gasteiger partial charge in [0.15, 0.2) is 11.6 Å². The molecule has 148 valence electrons. The summed E-state index contributed by atoms with van der Waals surface area (Å²) in [6.45, 7) is 0.376. The molecule has 0 fully saturated rings. The summed E-state index contributed by atoms with van der Waals surface area (Å²) in [7, 11) is 0. The molecule has 1 N–H and O–H groups in total. The van der Waals surface area contributed by atoms with E-state index in [1.165, 1.54) is 32.9 Å². The number of amides is 1. The highest BCUT2D eigenvalue weighted by Crippen LogP contribution is 2.39. The zero-order chi connectivity index (χ0) is 20.3. The molecule has 1 aromatic carbocycles. The Labute approximate surface area is 178 Å². The van der Waals surface area contributed by atoms with Gasteiger partial charge in [-0.25, -0.2) is 4.98 Å². The van der Waals surface area contributed by atoms with Crippen LogP contribution in [0.3, 0.4) is 0 Å². The summed E-state index contributed by atoms with van der Waals surface area (Å²) in [4.78, 5) is 23.2. The first kappa shape index (κ1) is 18.5. The lowest BCUT2D eigenvalue weighted by atomic mass is 9.91. The minimum absolute atomic E-state index is 0.167. The van der Waals surface area contributed by atoms with Crippen molar-refractivity contribution in [3.8, 4) is 16.2 Å². The number of hydrogen-bond acceptors (Lipinski definition) is 5. The lowest BCUT2D eigenvalue weighted by molar-refractivity contribution is 0.102. The molecule has 0 saturated carbocycles. The van der Waals surface area contributed by atoms with Gasteiger partial charge < -0.3 is 10.1 Å². The van der Waals surface area contributed by atoms with E-state index in [-0.39, 0.29) is 5.91 Å². The van der Waals surface area contributed by atoms with Crippen molar-refractivity contribution in [1.82, 2.24) is 9.97 Å². The van der Waals surface area contributed by atoms with Crippen LogP contribution in [0.2, 0.25) is 0 Å². The van der Waals surface area contributed by atoms with Crippen LogP contribution in [-0.2, 0) is 19.4 Å². The minimum atomic E-state index is -0.167. The maximum Gasteiger partial charge on any atom is 0.267 e. The summed E-state index contributed by atoms with van der Waals surface area (Å²) in [6.07, 6.45) is 7.06. The van der Waals surface area contributed by atoms with Gasteiger partial charge in [-0.3, -0.25) is 9.78 Å². The molecule has 4 aromatic rings. The standard InChI is InChI=1S/C24H19N3O2S/c28-24(21-14-18-8-7-17-4-1-2-5-19(17)22(18)30-21)27-23-20(6-3-11-26-23)29-15-16-9-12-25-13-10-16/h1-6,9-14H,7-8,15H2,(H,26,27,28). The fourth-order valence-corrected chi connectivity index (χ4v) is 4.76. The summed E-state index contributed by atoms with van der Waals surface area (Å²) >= 11 is 1.53. The number of benzene rings is 1. The molecule has 3 heterocycles. The fourth-order valence-electron chi connectivity index (χ4n) is 3.59. The molecule has 0 aliphatic heterocycles. The van der Waals surface area contributed by atoms with Crippen molar-refractivity contribution >= 4 is 23.1 Å². The van der Waals surface area contributed by atoms with Crippen LogP contribution < -0.4 is 10.1 Å². The first-order chi connectivity index (χ1) is 14.8. The fraction of sp³-hybridized carbons (Fsp3) is 0.125. The van der Waals surface area contributed by atoms with Crippen LogP contribution in [-0.4, -0.2) is 15.9 Å². The molecule has 5 nitrogen and oxygen atoms in total. The van der Waals surface area contributed by atoms with Gasteiger partial charge in [0.05, 0.1) is 4.88 Å². The number of nitrogens with one attached hydrogen (secondary N) is 1. The number of aromatic nitrogens is 2. The maximum atomic E-state index is 13.0. The topological polar surface area (TPSA) is 64.1 Å². The van der Waals surface area contributed by atoms with Gasteiger partial charge in [0.2, 0.25) is 0 Å². The lowest BCUT2D eigenvalue weighted by Gasteiger charge is -2.15. The summed E-state index contributed by atoms with van der Waals surface area (Å²) in [5, 5.41) is 2.92. The van der Waals surface area contributed by atoms with Crippen molar-refractivity contribution in [2.24, 2.45) is 0 Å². The smallest absolute Gasteiger partial charge is 0.267 e. The van der Waals surface area contributed by atoms with Crippen molar-refractivity contribution in [3.63, 3.8) is 0 Å². The number of carbonyl (C=O) groups is 1. The van der Waals surface area contributed by atoms with E-state index in [1.54, 1.807) is 30.7 Å². The number of anilines is 1. The Morgan fingerprint density at radius 1 is 1.00 bits per heavy atom. The van der Waals surface area contributed by atoms with E-state index in [4.69, 9.17) is 4.74 Å². The predicted octanol–water partition coefficient (Wildman–Crippen LogP) is 5.14. The molecule has 0 saturated heterocycles. The Balaban J connectivity index is 1.35. The van der Waals surface area contributed by atoms with Gasteiger partial charge in [0, 0.05) is 23.5 Å². The molecule has 0 bridgehead atoms. The third-order valence-electron chi connectivity index (χ3n) is 5.10. The van der Waals surface area contributed by atoms with E-state index in [2.05, 4.69) is 33.5 Å². The van der Waals surface area contributed by atoms with Gasteiger partial charge in [-0.1, -0.05) is 24.3 Å². The Hall–Kier alpha value is -3.51. The van der Waals surface area contributed by atoms with Crippen LogP contribution in [0.15, 0.2) is 73.2 Å². The number of thiophene rings is 1. The maximum absolute atomic E-state index is 13.0. The minimum Gasteiger partial charge on any atom is -0.485 e. The highest BCUT2D eigenvalue weighted by Gasteiger charge is 2.22. The average molecular weight is 414 g/mol. The normalized spacial score (nSPS) is 12.0. The second-order valence-corrected chi connectivity index (χ2v) is 8.12. The number of carbonyl (C=O) groups excluding carboxylic acids is 1. The van der Waals surface area contributed by atoms with Gasteiger partial charge >= 0.3 is 0 Å². The van der Waals surface area contributed by atoms with Crippen molar-refractivity contribution in [1.29, 1.82) is 0 Å². The summed E-state index contributed by atoms with van der Waals surface area (Å²) < 4.78 is 5.89. The molecule has 0 atom stereocenters. The van der Waals surface area contributed by atoms with Crippen molar-refractivity contribution < 1.29 is 9.53 Å². The molecule has 1 aliphatic carbocycles. The van der Waals surface area contributed by atoms with Crippen LogP contribution in [0.4, 0.5) is 5.82 Å². The first-order valence-corrected chi connectivity index (χ1v) is 10.6. The SMILES string of the molecule is O=C(Nc1ncccc1OCc1ccncc1)c1cc2c(s1)-c1ccccc1CC2. The molecule has 0 spiro atoms. The molecule has 1 aliphatic rings. The van der Waals surface area contributed by atoms with E-state index in [9.17, 15) is 4.79 Å². The molecular weight excluding hydrogens is 394 g/mol. The van der Waals surface area contributed by atoms with Gasteiger partial charge in [-0.15, -0.1) is 11.3 Å². The summed E-state index contributed by atoms with van der Waals surface area (Å²) in [6, 6.07) is 17.8. The largest absolute Gasteiger partial charge is 0.485 e. The molecule has 3 aromatic heterocycles. The van der Waals surface area contributed by atoms with Crippen LogP contribution in [0.25, 0.3) is 10.4 Å². The Morgan fingerprint density at radius 2 is 1.83 bits per heavy atom. The Bertz CT molecular complexity index is 1200. The lowest BCUT2D eigenvalue weighted by Crippen LogP contribution is -2.12. The molecule has 5 rings (SSSR count). The van der Waals surface area contributed by atoms with Gasteiger partial charge in [0.25, 0.3) is 5.91 Å². The number of aryl methyl sites for hydroxylation is 2. The van der Waals surface area contributed by atoms with Crippen LogP contribution in [0.5, 0.6) is 5.75 Å². The third-order valence-corrected chi connectivity index (χ3v) is 6.31. The monoisotopic (exact) mass is 413 g/mol. The number of pyridine rings is 2. The van der Waals surface area contributed by atoms with E-state index in [0.29, 0.717) is 23.1 Å². The quantitative estimate of drug-likeness (QED) is 0.492. The van der Waals surface area contributed by atoms with Crippen LogP contribution >= 0.6 is 11.3 Å². The second-order valence-electron chi connectivity index (χ2n) is 7.07. The van der Waals surface area contributed by atoms with Crippen molar-refractivity contribution in [2.45, 2.75) is 19.4 Å². The Kier molecular flexibility index (Phi) is 4.99. The highest BCUT2D eigenvalue weighted by atomic mass is 32.1. The summed E-state index contributed by atoms with van der Waals surface area (Å²) in [5.41, 5.74) is 4.81. The molecule has 1 amide bonds. The highest BCUT2D eigenvalue weighted by molar-refractivity contribution is 7.17. The van der Waals surface area contributed by atoms with Gasteiger partial charge in [0.1, 0.15) is 6.61 Å². The van der Waals surface area contributed by atoms with E-state index in [1.807, 2.05) is 24.3 Å². The first-order valence-electron chi connectivity index (χ1n) is 9.77. The zero-order valence-corrected chi connectivity index (χ0v) is 17.0. The molecule has 0 radical (unpaired) electrons. The van der Waals surface area contributed by atoms with E-state index < -0.39 is 0 Å². The van der Waals surface area contributed by atoms with Crippen LogP contribution in [0, 0.1) is 0 Å². The average Bonchev–Trinajstić information content (AvgIpc) is 3.24. The number of fused-ring (bicyclic) bond motifs is 3. The van der Waals surface area contributed by atoms with Crippen molar-refractivity contribution in [3.05, 3.63) is 94.8 Å².